The van der Waals surface area contributed by atoms with Gasteiger partial charge in [-0.3, -0.25) is 9.78 Å². The molecule has 1 amide bonds. The Morgan fingerprint density at radius 2 is 2.32 bits per heavy atom. The van der Waals surface area contributed by atoms with Crippen molar-refractivity contribution in [1.29, 1.82) is 0 Å². The van der Waals surface area contributed by atoms with Gasteiger partial charge in [-0.15, -0.1) is 0 Å². The molecule has 4 atom stereocenters. The van der Waals surface area contributed by atoms with Gasteiger partial charge in [0.05, 0.1) is 28.8 Å². The molecule has 0 radical (unpaired) electrons. The zero-order valence-corrected chi connectivity index (χ0v) is 15.0. The van der Waals surface area contributed by atoms with E-state index in [9.17, 15) is 4.79 Å². The second kappa shape index (κ2) is 6.56. The van der Waals surface area contributed by atoms with E-state index in [1.165, 1.54) is 0 Å². The van der Waals surface area contributed by atoms with Crippen LogP contribution in [0.25, 0.3) is 10.9 Å². The summed E-state index contributed by atoms with van der Waals surface area (Å²) in [5.41, 5.74) is 2.05. The molecule has 4 unspecified atom stereocenters. The van der Waals surface area contributed by atoms with Crippen LogP contribution in [0.3, 0.4) is 0 Å². The predicted molar refractivity (Wildman–Crippen MR) is 96.0 cm³/mol. The number of fused-ring (bicyclic) bond motifs is 2. The fourth-order valence-electron chi connectivity index (χ4n) is 4.19. The summed E-state index contributed by atoms with van der Waals surface area (Å²) in [7, 11) is 1.68. The number of aromatic nitrogens is 1. The van der Waals surface area contributed by atoms with Crippen LogP contribution in [0.4, 0.5) is 0 Å². The van der Waals surface area contributed by atoms with E-state index in [1.807, 2.05) is 25.1 Å². The van der Waals surface area contributed by atoms with Crippen molar-refractivity contribution in [1.82, 2.24) is 10.3 Å². The van der Waals surface area contributed by atoms with Gasteiger partial charge in [-0.2, -0.15) is 0 Å². The second-order valence-electron chi connectivity index (χ2n) is 6.85. The van der Waals surface area contributed by atoms with Crippen molar-refractivity contribution in [2.75, 3.05) is 20.3 Å². The molecule has 1 N–H and O–H groups in total. The van der Waals surface area contributed by atoms with Crippen LogP contribution in [0.5, 0.6) is 0 Å². The first kappa shape index (κ1) is 16.8. The van der Waals surface area contributed by atoms with E-state index >= 15 is 0 Å². The van der Waals surface area contributed by atoms with Gasteiger partial charge in [0, 0.05) is 42.7 Å². The summed E-state index contributed by atoms with van der Waals surface area (Å²) in [5.74, 6) is 0.496. The van der Waals surface area contributed by atoms with Gasteiger partial charge in [-0.1, -0.05) is 23.7 Å². The van der Waals surface area contributed by atoms with E-state index in [1.54, 1.807) is 13.2 Å². The number of halogens is 1. The maximum absolute atomic E-state index is 13.0. The third-order valence-corrected chi connectivity index (χ3v) is 5.65. The van der Waals surface area contributed by atoms with Gasteiger partial charge >= 0.3 is 0 Å². The molecule has 132 valence electrons. The minimum absolute atomic E-state index is 0.0858. The highest BCUT2D eigenvalue weighted by Crippen LogP contribution is 2.44. The largest absolute Gasteiger partial charge is 0.384 e. The number of carbonyl (C=O) groups is 1. The summed E-state index contributed by atoms with van der Waals surface area (Å²) in [6.45, 7) is 3.22. The van der Waals surface area contributed by atoms with E-state index in [2.05, 4.69) is 10.3 Å². The minimum Gasteiger partial charge on any atom is -0.384 e. The Kier molecular flexibility index (Phi) is 4.40. The molecule has 2 aliphatic rings. The predicted octanol–water partition coefficient (Wildman–Crippen LogP) is 2.98. The van der Waals surface area contributed by atoms with Crippen molar-refractivity contribution in [3.05, 3.63) is 40.5 Å². The lowest BCUT2D eigenvalue weighted by molar-refractivity contribution is -0.0809. The Balaban J connectivity index is 1.63. The van der Waals surface area contributed by atoms with Crippen molar-refractivity contribution in [3.63, 3.8) is 0 Å². The first-order valence-electron chi connectivity index (χ1n) is 8.57. The Morgan fingerprint density at radius 3 is 3.12 bits per heavy atom. The van der Waals surface area contributed by atoms with Gasteiger partial charge in [-0.05, 0) is 25.5 Å². The Morgan fingerprint density at radius 1 is 1.48 bits per heavy atom. The van der Waals surface area contributed by atoms with Gasteiger partial charge in [0.25, 0.3) is 5.91 Å². The zero-order valence-electron chi connectivity index (χ0n) is 14.3. The number of ether oxygens (including phenoxy) is 2. The summed E-state index contributed by atoms with van der Waals surface area (Å²) in [4.78, 5) is 17.5. The third kappa shape index (κ3) is 2.80. The van der Waals surface area contributed by atoms with Crippen LogP contribution in [0, 0.1) is 18.8 Å². The Hall–Kier alpha value is -1.69. The number of methoxy groups -OCH3 is 1. The van der Waals surface area contributed by atoms with Gasteiger partial charge in [0.1, 0.15) is 0 Å². The summed E-state index contributed by atoms with van der Waals surface area (Å²) >= 11 is 6.26. The lowest BCUT2D eigenvalue weighted by Crippen LogP contribution is -2.62. The Labute approximate surface area is 151 Å². The monoisotopic (exact) mass is 360 g/mol. The van der Waals surface area contributed by atoms with E-state index in [-0.39, 0.29) is 24.0 Å². The molecule has 0 spiro atoms. The van der Waals surface area contributed by atoms with Crippen LogP contribution in [0.2, 0.25) is 5.02 Å². The molecular formula is C19H21ClN2O3. The molecule has 6 heteroatoms. The SMILES string of the molecule is COCC1C(NC(=O)c2cc(C)nc3c(Cl)cccc23)C2CCOC21. The number of benzene rings is 1. The molecule has 1 aliphatic carbocycles. The number of hydrogen-bond acceptors (Lipinski definition) is 4. The summed E-state index contributed by atoms with van der Waals surface area (Å²) in [6.07, 6.45) is 1.19. The number of aryl methyl sites for hydroxylation is 1. The average molecular weight is 361 g/mol. The number of nitrogens with one attached hydrogen (secondary N) is 1. The smallest absolute Gasteiger partial charge is 0.252 e. The highest BCUT2D eigenvalue weighted by molar-refractivity contribution is 6.35. The summed E-state index contributed by atoms with van der Waals surface area (Å²) < 4.78 is 11.1. The van der Waals surface area contributed by atoms with Crippen LogP contribution >= 0.6 is 11.6 Å². The molecule has 1 saturated carbocycles. The fraction of sp³-hybridized carbons (Fsp3) is 0.474. The number of nitrogens with zero attached hydrogens (tertiary/aromatic N) is 1. The van der Waals surface area contributed by atoms with Crippen molar-refractivity contribution < 1.29 is 14.3 Å². The highest BCUT2D eigenvalue weighted by Gasteiger charge is 2.54. The van der Waals surface area contributed by atoms with Crippen molar-refractivity contribution in [2.45, 2.75) is 25.5 Å². The molecule has 25 heavy (non-hydrogen) atoms. The van der Waals surface area contributed by atoms with Gasteiger partial charge in [-0.25, -0.2) is 0 Å². The number of hydrogen-bond donors (Lipinski definition) is 1. The number of para-hydroxylation sites is 1. The van der Waals surface area contributed by atoms with Crippen LogP contribution < -0.4 is 5.32 Å². The minimum atomic E-state index is -0.0887. The molecule has 1 saturated heterocycles. The van der Waals surface area contributed by atoms with E-state index in [0.29, 0.717) is 28.6 Å². The van der Waals surface area contributed by atoms with E-state index in [4.69, 9.17) is 21.1 Å². The zero-order chi connectivity index (χ0) is 17.6. The lowest BCUT2D eigenvalue weighted by atomic mass is 9.67. The second-order valence-corrected chi connectivity index (χ2v) is 7.26. The molecule has 2 heterocycles. The molecule has 2 aromatic rings. The molecule has 1 aromatic heterocycles. The Bertz CT molecular complexity index is 826. The summed E-state index contributed by atoms with van der Waals surface area (Å²) in [6, 6.07) is 7.43. The van der Waals surface area contributed by atoms with Gasteiger partial charge in [0.15, 0.2) is 0 Å². The van der Waals surface area contributed by atoms with Crippen molar-refractivity contribution in [2.24, 2.45) is 11.8 Å². The molecule has 1 aliphatic heterocycles. The van der Waals surface area contributed by atoms with Crippen LogP contribution in [0.15, 0.2) is 24.3 Å². The normalized spacial score (nSPS) is 27.8. The lowest BCUT2D eigenvalue weighted by Gasteiger charge is -2.47. The summed E-state index contributed by atoms with van der Waals surface area (Å²) in [5, 5.41) is 4.54. The number of pyridine rings is 1. The van der Waals surface area contributed by atoms with Gasteiger partial charge < -0.3 is 14.8 Å². The maximum Gasteiger partial charge on any atom is 0.252 e. The van der Waals surface area contributed by atoms with Crippen molar-refractivity contribution >= 4 is 28.4 Å². The molecular weight excluding hydrogens is 340 g/mol. The quantitative estimate of drug-likeness (QED) is 0.910. The van der Waals surface area contributed by atoms with Crippen molar-refractivity contribution in [3.8, 4) is 0 Å². The van der Waals surface area contributed by atoms with Crippen LogP contribution in [0.1, 0.15) is 22.5 Å². The molecule has 0 bridgehead atoms. The molecule has 1 aromatic carbocycles. The standard InChI is InChI=1S/C19H21ClN2O3/c1-10-8-13(11-4-3-5-15(20)17(11)21-10)19(23)22-16-12-6-7-25-18(12)14(16)9-24-2/h3-5,8,12,14,16,18H,6-7,9H2,1-2H3,(H,22,23). The number of amides is 1. The maximum atomic E-state index is 13.0. The van der Waals surface area contributed by atoms with E-state index in [0.717, 1.165) is 24.1 Å². The number of rotatable bonds is 4. The first-order valence-corrected chi connectivity index (χ1v) is 8.95. The average Bonchev–Trinajstić information content (AvgIpc) is 3.02. The molecule has 2 fully saturated rings. The topological polar surface area (TPSA) is 60.5 Å². The third-order valence-electron chi connectivity index (χ3n) is 5.35. The van der Waals surface area contributed by atoms with Crippen LogP contribution in [-0.2, 0) is 9.47 Å². The first-order chi connectivity index (χ1) is 12.1. The number of carbonyl (C=O) groups excluding carboxylic acids is 1. The van der Waals surface area contributed by atoms with E-state index < -0.39 is 0 Å². The highest BCUT2D eigenvalue weighted by atomic mass is 35.5. The molecule has 4 rings (SSSR count). The fourth-order valence-corrected chi connectivity index (χ4v) is 4.41. The van der Waals surface area contributed by atoms with Gasteiger partial charge in [0.2, 0.25) is 0 Å². The van der Waals surface area contributed by atoms with Crippen LogP contribution in [-0.4, -0.2) is 43.4 Å². The molecule has 5 nitrogen and oxygen atoms in total.